The zero-order chi connectivity index (χ0) is 19.9. The number of hydrogen-bond acceptors (Lipinski definition) is 4. The normalized spacial score (nSPS) is 12.3. The van der Waals surface area contributed by atoms with Crippen LogP contribution in [0.1, 0.15) is 29.7 Å². The van der Waals surface area contributed by atoms with Gasteiger partial charge in [-0.3, -0.25) is 14.2 Å². The number of nitrogens with one attached hydrogen (secondary N) is 1. The largest absolute Gasteiger partial charge is 0.348 e. The van der Waals surface area contributed by atoms with Crippen LogP contribution in [0.4, 0.5) is 0 Å². The van der Waals surface area contributed by atoms with Gasteiger partial charge in [-0.2, -0.15) is 0 Å². The molecule has 2 aromatic heterocycles. The van der Waals surface area contributed by atoms with Crippen LogP contribution in [0.5, 0.6) is 0 Å². The van der Waals surface area contributed by atoms with E-state index in [-0.39, 0.29) is 18.1 Å². The average Bonchev–Trinajstić information content (AvgIpc) is 3.00. The molecular formula is C19H23N5O3. The minimum Gasteiger partial charge on any atom is -0.348 e. The summed E-state index contributed by atoms with van der Waals surface area (Å²) in [5, 5.41) is 2.87. The van der Waals surface area contributed by atoms with Gasteiger partial charge in [0.25, 0.3) is 5.56 Å². The van der Waals surface area contributed by atoms with Gasteiger partial charge in [0.05, 0.1) is 12.4 Å². The molecule has 3 rings (SSSR count). The quantitative estimate of drug-likeness (QED) is 0.741. The van der Waals surface area contributed by atoms with Crippen LogP contribution in [0, 0.1) is 13.8 Å². The third kappa shape index (κ3) is 3.30. The fourth-order valence-corrected chi connectivity index (χ4v) is 3.27. The second-order valence-electron chi connectivity index (χ2n) is 6.91. The SMILES string of the molecule is Cc1ccc(C)c([C@@H](C)NC(=O)Cn2c(=O)c3c(ncn3C)n(C)c2=O)c1. The monoisotopic (exact) mass is 369 g/mol. The molecule has 1 atom stereocenters. The second kappa shape index (κ2) is 6.86. The van der Waals surface area contributed by atoms with Gasteiger partial charge in [-0.05, 0) is 31.9 Å². The van der Waals surface area contributed by atoms with Gasteiger partial charge in [-0.25, -0.2) is 14.3 Å². The van der Waals surface area contributed by atoms with Crippen molar-refractivity contribution >= 4 is 17.1 Å². The number of imidazole rings is 1. The van der Waals surface area contributed by atoms with Crippen molar-refractivity contribution in [2.24, 2.45) is 14.1 Å². The number of rotatable bonds is 4. The van der Waals surface area contributed by atoms with Crippen LogP contribution in [-0.4, -0.2) is 24.6 Å². The molecule has 142 valence electrons. The molecular weight excluding hydrogens is 346 g/mol. The smallest absolute Gasteiger partial charge is 0.332 e. The Balaban J connectivity index is 1.90. The maximum Gasteiger partial charge on any atom is 0.332 e. The summed E-state index contributed by atoms with van der Waals surface area (Å²) in [6.07, 6.45) is 1.47. The molecule has 0 aliphatic rings. The Bertz CT molecular complexity index is 1150. The van der Waals surface area contributed by atoms with Gasteiger partial charge >= 0.3 is 5.69 Å². The summed E-state index contributed by atoms with van der Waals surface area (Å²) in [5.74, 6) is -0.399. The molecule has 0 unspecified atom stereocenters. The van der Waals surface area contributed by atoms with Crippen molar-refractivity contribution < 1.29 is 4.79 Å². The Morgan fingerprint density at radius 2 is 1.93 bits per heavy atom. The number of aromatic nitrogens is 4. The number of carbonyl (C=O) groups excluding carboxylic acids is 1. The third-order valence-electron chi connectivity index (χ3n) is 4.78. The third-order valence-corrected chi connectivity index (χ3v) is 4.78. The van der Waals surface area contributed by atoms with E-state index in [0.29, 0.717) is 5.65 Å². The molecule has 2 heterocycles. The van der Waals surface area contributed by atoms with Crippen LogP contribution < -0.4 is 16.6 Å². The molecule has 27 heavy (non-hydrogen) atoms. The van der Waals surface area contributed by atoms with Gasteiger partial charge in [0, 0.05) is 14.1 Å². The molecule has 1 aromatic carbocycles. The molecule has 1 N–H and O–H groups in total. The van der Waals surface area contributed by atoms with Crippen LogP contribution in [-0.2, 0) is 25.4 Å². The topological polar surface area (TPSA) is 90.9 Å². The van der Waals surface area contributed by atoms with Gasteiger partial charge in [0.1, 0.15) is 6.54 Å². The first kappa shape index (κ1) is 18.6. The summed E-state index contributed by atoms with van der Waals surface area (Å²) in [6, 6.07) is 5.80. The lowest BCUT2D eigenvalue weighted by Crippen LogP contribution is -2.44. The van der Waals surface area contributed by atoms with E-state index in [4.69, 9.17) is 0 Å². The van der Waals surface area contributed by atoms with Crippen molar-refractivity contribution in [2.75, 3.05) is 0 Å². The summed E-state index contributed by atoms with van der Waals surface area (Å²) in [6.45, 7) is 5.50. The number of carbonyl (C=O) groups is 1. The molecule has 8 nitrogen and oxygen atoms in total. The molecule has 0 saturated carbocycles. The summed E-state index contributed by atoms with van der Waals surface area (Å²) < 4.78 is 3.76. The van der Waals surface area contributed by atoms with E-state index in [0.717, 1.165) is 21.3 Å². The predicted molar refractivity (Wildman–Crippen MR) is 103 cm³/mol. The summed E-state index contributed by atoms with van der Waals surface area (Å²) in [7, 11) is 3.21. The second-order valence-corrected chi connectivity index (χ2v) is 6.91. The van der Waals surface area contributed by atoms with Crippen molar-refractivity contribution in [3.8, 4) is 0 Å². The van der Waals surface area contributed by atoms with E-state index < -0.39 is 17.2 Å². The number of aryl methyl sites for hydroxylation is 4. The van der Waals surface area contributed by atoms with Gasteiger partial charge in [0.2, 0.25) is 5.91 Å². The maximum atomic E-state index is 12.7. The summed E-state index contributed by atoms with van der Waals surface area (Å²) in [5.41, 5.74) is 2.66. The molecule has 8 heteroatoms. The van der Waals surface area contributed by atoms with Crippen LogP contribution in [0.15, 0.2) is 34.1 Å². The minimum atomic E-state index is -0.569. The summed E-state index contributed by atoms with van der Waals surface area (Å²) in [4.78, 5) is 41.8. The molecule has 3 aromatic rings. The van der Waals surface area contributed by atoms with Gasteiger partial charge in [0.15, 0.2) is 11.2 Å². The highest BCUT2D eigenvalue weighted by molar-refractivity contribution is 5.77. The van der Waals surface area contributed by atoms with E-state index in [1.165, 1.54) is 17.9 Å². The highest BCUT2D eigenvalue weighted by Crippen LogP contribution is 2.18. The zero-order valence-electron chi connectivity index (χ0n) is 16.1. The van der Waals surface area contributed by atoms with E-state index >= 15 is 0 Å². The van der Waals surface area contributed by atoms with Crippen LogP contribution in [0.2, 0.25) is 0 Å². The van der Waals surface area contributed by atoms with Crippen molar-refractivity contribution in [3.05, 3.63) is 62.1 Å². The van der Waals surface area contributed by atoms with E-state index in [9.17, 15) is 14.4 Å². The van der Waals surface area contributed by atoms with Crippen LogP contribution in [0.3, 0.4) is 0 Å². The number of amides is 1. The first-order valence-corrected chi connectivity index (χ1v) is 8.68. The number of benzene rings is 1. The Kier molecular flexibility index (Phi) is 4.73. The standard InChI is InChI=1S/C19H23N5O3/c1-11-6-7-12(2)14(8-11)13(3)21-15(25)9-24-18(26)16-17(20-10-22(16)4)23(5)19(24)27/h6-8,10,13H,9H2,1-5H3,(H,21,25)/t13-/m1/s1. The Morgan fingerprint density at radius 1 is 1.22 bits per heavy atom. The van der Waals surface area contributed by atoms with Crippen LogP contribution >= 0.6 is 0 Å². The fraction of sp³-hybridized carbons (Fsp3) is 0.368. The molecule has 0 aliphatic heterocycles. The Labute approximate surface area is 156 Å². The highest BCUT2D eigenvalue weighted by atomic mass is 16.2. The van der Waals surface area contributed by atoms with E-state index in [1.807, 2.05) is 39.0 Å². The van der Waals surface area contributed by atoms with Crippen molar-refractivity contribution in [1.82, 2.24) is 24.0 Å². The molecule has 0 bridgehead atoms. The zero-order valence-corrected chi connectivity index (χ0v) is 16.1. The lowest BCUT2D eigenvalue weighted by atomic mass is 10.00. The van der Waals surface area contributed by atoms with Gasteiger partial charge in [-0.15, -0.1) is 0 Å². The number of nitrogens with zero attached hydrogens (tertiary/aromatic N) is 4. The lowest BCUT2D eigenvalue weighted by molar-refractivity contribution is -0.122. The maximum absolute atomic E-state index is 12.7. The first-order valence-electron chi connectivity index (χ1n) is 8.68. The average molecular weight is 369 g/mol. The van der Waals surface area contributed by atoms with E-state index in [1.54, 1.807) is 11.6 Å². The van der Waals surface area contributed by atoms with Gasteiger partial charge < -0.3 is 9.88 Å². The van der Waals surface area contributed by atoms with Crippen molar-refractivity contribution in [2.45, 2.75) is 33.4 Å². The number of fused-ring (bicyclic) bond motifs is 1. The van der Waals surface area contributed by atoms with Crippen molar-refractivity contribution in [1.29, 1.82) is 0 Å². The molecule has 0 fully saturated rings. The Morgan fingerprint density at radius 3 is 2.63 bits per heavy atom. The molecule has 0 saturated heterocycles. The molecule has 0 radical (unpaired) electrons. The van der Waals surface area contributed by atoms with E-state index in [2.05, 4.69) is 10.3 Å². The highest BCUT2D eigenvalue weighted by Gasteiger charge is 2.18. The van der Waals surface area contributed by atoms with Crippen molar-refractivity contribution in [3.63, 3.8) is 0 Å². The van der Waals surface area contributed by atoms with Gasteiger partial charge in [-0.1, -0.05) is 23.8 Å². The first-order chi connectivity index (χ1) is 12.7. The number of hydrogen-bond donors (Lipinski definition) is 1. The molecule has 0 aliphatic carbocycles. The fourth-order valence-electron chi connectivity index (χ4n) is 3.27. The van der Waals surface area contributed by atoms with Crippen LogP contribution in [0.25, 0.3) is 11.2 Å². The summed E-state index contributed by atoms with van der Waals surface area (Å²) >= 11 is 0. The Hall–Kier alpha value is -3.16. The predicted octanol–water partition coefficient (Wildman–Crippen LogP) is 0.928. The molecule has 0 spiro atoms. The lowest BCUT2D eigenvalue weighted by Gasteiger charge is -2.18. The molecule has 1 amide bonds. The minimum absolute atomic E-state index is 0.239.